The van der Waals surface area contributed by atoms with Gasteiger partial charge in [-0.15, -0.1) is 0 Å². The highest BCUT2D eigenvalue weighted by Crippen LogP contribution is 2.17. The quantitative estimate of drug-likeness (QED) is 0.747. The van der Waals surface area contributed by atoms with Crippen LogP contribution in [0.25, 0.3) is 0 Å². The number of rotatable bonds is 6. The summed E-state index contributed by atoms with van der Waals surface area (Å²) in [6.45, 7) is 5.14. The minimum Gasteiger partial charge on any atom is -0.380 e. The van der Waals surface area contributed by atoms with Crippen molar-refractivity contribution >= 4 is 15.9 Å². The van der Waals surface area contributed by atoms with Gasteiger partial charge in [-0.25, -0.2) is 4.39 Å². The zero-order chi connectivity index (χ0) is 12.0. The molecule has 0 fully saturated rings. The molecule has 1 aromatic rings. The summed E-state index contributed by atoms with van der Waals surface area (Å²) in [5.74, 6) is -0.222. The van der Waals surface area contributed by atoms with Gasteiger partial charge < -0.3 is 4.74 Å². The Hall–Kier alpha value is -0.450. The molecule has 0 atom stereocenters. The van der Waals surface area contributed by atoms with Crippen LogP contribution in [0, 0.1) is 5.82 Å². The molecule has 0 aliphatic heterocycles. The molecule has 0 N–H and O–H groups in total. The number of ether oxygens (including phenoxy) is 1. The first kappa shape index (κ1) is 13.6. The van der Waals surface area contributed by atoms with E-state index in [1.54, 1.807) is 6.07 Å². The van der Waals surface area contributed by atoms with Crippen molar-refractivity contribution in [3.05, 3.63) is 34.1 Å². The van der Waals surface area contributed by atoms with E-state index in [0.717, 1.165) is 31.9 Å². The Morgan fingerprint density at radius 2 is 2.19 bits per heavy atom. The molecule has 0 radical (unpaired) electrons. The minimum absolute atomic E-state index is 0.222. The van der Waals surface area contributed by atoms with Gasteiger partial charge in [0.05, 0.1) is 11.1 Å². The topological polar surface area (TPSA) is 12.5 Å². The lowest BCUT2D eigenvalue weighted by molar-refractivity contribution is 0.120. The summed E-state index contributed by atoms with van der Waals surface area (Å²) in [4.78, 5) is 2.15. The van der Waals surface area contributed by atoms with Gasteiger partial charge in [-0.05, 0) is 47.6 Å². The predicted molar refractivity (Wildman–Crippen MR) is 66.9 cm³/mol. The normalized spacial score (nSPS) is 11.1. The van der Waals surface area contributed by atoms with Gasteiger partial charge in [0.25, 0.3) is 0 Å². The van der Waals surface area contributed by atoms with Crippen LogP contribution in [0.15, 0.2) is 22.7 Å². The highest BCUT2D eigenvalue weighted by molar-refractivity contribution is 9.10. The van der Waals surface area contributed by atoms with Crippen molar-refractivity contribution < 1.29 is 9.13 Å². The molecule has 0 bridgehead atoms. The highest BCUT2D eigenvalue weighted by atomic mass is 79.9. The Morgan fingerprint density at radius 1 is 1.44 bits per heavy atom. The second-order valence-corrected chi connectivity index (χ2v) is 4.54. The lowest BCUT2D eigenvalue weighted by atomic mass is 10.2. The standard InChI is InChI=1S/C12H17BrFNO/c1-3-16-7-6-15(2)9-10-4-5-12(14)11(13)8-10/h4-5,8H,3,6-7,9H2,1-2H3. The zero-order valence-electron chi connectivity index (χ0n) is 9.67. The zero-order valence-corrected chi connectivity index (χ0v) is 11.3. The number of hydrogen-bond donors (Lipinski definition) is 0. The summed E-state index contributed by atoms with van der Waals surface area (Å²) in [6.07, 6.45) is 0. The first-order valence-electron chi connectivity index (χ1n) is 5.33. The van der Waals surface area contributed by atoms with Crippen LogP contribution < -0.4 is 0 Å². The lowest BCUT2D eigenvalue weighted by Gasteiger charge is -2.16. The number of nitrogens with zero attached hydrogens (tertiary/aromatic N) is 1. The maximum atomic E-state index is 13.0. The van der Waals surface area contributed by atoms with Crippen molar-refractivity contribution in [1.82, 2.24) is 4.90 Å². The fourth-order valence-electron chi connectivity index (χ4n) is 1.39. The molecule has 16 heavy (non-hydrogen) atoms. The SMILES string of the molecule is CCOCCN(C)Cc1ccc(F)c(Br)c1. The van der Waals surface area contributed by atoms with Crippen molar-refractivity contribution in [2.45, 2.75) is 13.5 Å². The molecule has 2 nitrogen and oxygen atoms in total. The maximum absolute atomic E-state index is 13.0. The summed E-state index contributed by atoms with van der Waals surface area (Å²) >= 11 is 3.18. The summed E-state index contributed by atoms with van der Waals surface area (Å²) < 4.78 is 18.8. The molecule has 0 amide bonds. The number of likely N-dealkylation sites (N-methyl/N-ethyl adjacent to an activating group) is 1. The van der Waals surface area contributed by atoms with E-state index in [-0.39, 0.29) is 5.82 Å². The van der Waals surface area contributed by atoms with E-state index in [4.69, 9.17) is 4.74 Å². The van der Waals surface area contributed by atoms with Gasteiger partial charge in [-0.2, -0.15) is 0 Å². The van der Waals surface area contributed by atoms with Crippen LogP contribution in [0.1, 0.15) is 12.5 Å². The second-order valence-electron chi connectivity index (χ2n) is 3.68. The van der Waals surface area contributed by atoms with Crippen LogP contribution in [0.4, 0.5) is 4.39 Å². The lowest BCUT2D eigenvalue weighted by Crippen LogP contribution is -2.22. The van der Waals surface area contributed by atoms with E-state index in [2.05, 4.69) is 20.8 Å². The van der Waals surface area contributed by atoms with Gasteiger partial charge >= 0.3 is 0 Å². The van der Waals surface area contributed by atoms with E-state index >= 15 is 0 Å². The van der Waals surface area contributed by atoms with Gasteiger partial charge in [0.2, 0.25) is 0 Å². The van der Waals surface area contributed by atoms with Crippen molar-refractivity contribution in [2.24, 2.45) is 0 Å². The third kappa shape index (κ3) is 4.60. The average molecular weight is 290 g/mol. The van der Waals surface area contributed by atoms with E-state index in [0.29, 0.717) is 4.47 Å². The van der Waals surface area contributed by atoms with Crippen molar-refractivity contribution in [3.63, 3.8) is 0 Å². The smallest absolute Gasteiger partial charge is 0.137 e. The van der Waals surface area contributed by atoms with Crippen LogP contribution in [0.3, 0.4) is 0 Å². The van der Waals surface area contributed by atoms with Gasteiger partial charge in [-0.3, -0.25) is 4.90 Å². The molecule has 0 heterocycles. The van der Waals surface area contributed by atoms with E-state index in [1.165, 1.54) is 6.07 Å². The number of benzene rings is 1. The van der Waals surface area contributed by atoms with E-state index in [9.17, 15) is 4.39 Å². The molecule has 0 aliphatic rings. The molecule has 1 rings (SSSR count). The third-order valence-corrected chi connectivity index (χ3v) is 2.87. The fraction of sp³-hybridized carbons (Fsp3) is 0.500. The highest BCUT2D eigenvalue weighted by Gasteiger charge is 2.03. The Morgan fingerprint density at radius 3 is 2.81 bits per heavy atom. The predicted octanol–water partition coefficient (Wildman–Crippen LogP) is 3.06. The first-order chi connectivity index (χ1) is 7.63. The molecule has 0 unspecified atom stereocenters. The van der Waals surface area contributed by atoms with E-state index < -0.39 is 0 Å². The average Bonchev–Trinajstić information content (AvgIpc) is 2.24. The monoisotopic (exact) mass is 289 g/mol. The molecule has 0 saturated heterocycles. The van der Waals surface area contributed by atoms with Crippen LogP contribution in [0.2, 0.25) is 0 Å². The first-order valence-corrected chi connectivity index (χ1v) is 6.13. The summed E-state index contributed by atoms with van der Waals surface area (Å²) in [5.41, 5.74) is 1.09. The Balaban J connectivity index is 2.43. The van der Waals surface area contributed by atoms with Crippen molar-refractivity contribution in [2.75, 3.05) is 26.8 Å². The Kier molecular flexibility index (Phi) is 5.95. The summed E-state index contributed by atoms with van der Waals surface area (Å²) in [5, 5.41) is 0. The maximum Gasteiger partial charge on any atom is 0.137 e. The van der Waals surface area contributed by atoms with Gasteiger partial charge in [-0.1, -0.05) is 6.07 Å². The van der Waals surface area contributed by atoms with Gasteiger partial charge in [0.1, 0.15) is 5.82 Å². The molecule has 0 aliphatic carbocycles. The number of halogens is 2. The molecule has 90 valence electrons. The van der Waals surface area contributed by atoms with Crippen LogP contribution in [-0.2, 0) is 11.3 Å². The molecule has 1 aromatic carbocycles. The molecule has 4 heteroatoms. The summed E-state index contributed by atoms with van der Waals surface area (Å²) in [7, 11) is 2.02. The summed E-state index contributed by atoms with van der Waals surface area (Å²) in [6, 6.07) is 5.10. The van der Waals surface area contributed by atoms with Gasteiger partial charge in [0.15, 0.2) is 0 Å². The number of hydrogen-bond acceptors (Lipinski definition) is 2. The largest absolute Gasteiger partial charge is 0.380 e. The fourth-order valence-corrected chi connectivity index (χ4v) is 1.82. The van der Waals surface area contributed by atoms with Crippen molar-refractivity contribution in [1.29, 1.82) is 0 Å². The molecule has 0 aromatic heterocycles. The van der Waals surface area contributed by atoms with Crippen molar-refractivity contribution in [3.8, 4) is 0 Å². The molecular formula is C12H17BrFNO. The van der Waals surface area contributed by atoms with Crippen LogP contribution in [-0.4, -0.2) is 31.7 Å². The van der Waals surface area contributed by atoms with Gasteiger partial charge in [0, 0.05) is 19.7 Å². The molecular weight excluding hydrogens is 273 g/mol. The van der Waals surface area contributed by atoms with Crippen LogP contribution in [0.5, 0.6) is 0 Å². The second kappa shape index (κ2) is 6.99. The molecule has 0 saturated carbocycles. The Bertz CT molecular complexity index is 333. The Labute approximate surface area is 105 Å². The minimum atomic E-state index is -0.222. The van der Waals surface area contributed by atoms with E-state index in [1.807, 2.05) is 20.0 Å². The van der Waals surface area contributed by atoms with Crippen LogP contribution >= 0.6 is 15.9 Å². The third-order valence-electron chi connectivity index (χ3n) is 2.26. The molecule has 0 spiro atoms.